The Morgan fingerprint density at radius 2 is 1.95 bits per heavy atom. The highest BCUT2D eigenvalue weighted by molar-refractivity contribution is 5.71. The molecule has 5 nitrogen and oxygen atoms in total. The van der Waals surface area contributed by atoms with E-state index in [0.717, 1.165) is 22.6 Å². The van der Waals surface area contributed by atoms with E-state index in [0.29, 0.717) is 11.7 Å². The zero-order valence-electron chi connectivity index (χ0n) is 12.8. The van der Waals surface area contributed by atoms with E-state index in [4.69, 9.17) is 9.26 Å². The van der Waals surface area contributed by atoms with Crippen LogP contribution in [0.1, 0.15) is 19.7 Å². The van der Waals surface area contributed by atoms with Crippen molar-refractivity contribution in [1.82, 2.24) is 15.1 Å². The highest BCUT2D eigenvalue weighted by Gasteiger charge is 2.12. The first-order valence-corrected chi connectivity index (χ1v) is 7.16. The highest BCUT2D eigenvalue weighted by Crippen LogP contribution is 2.31. The molecule has 0 unspecified atom stereocenters. The zero-order valence-corrected chi connectivity index (χ0v) is 12.8. The lowest BCUT2D eigenvalue weighted by Crippen LogP contribution is -2.06. The van der Waals surface area contributed by atoms with Crippen LogP contribution < -0.4 is 4.74 Å². The lowest BCUT2D eigenvalue weighted by molar-refractivity contribution is 0.243. The molecule has 0 radical (unpaired) electrons. The summed E-state index contributed by atoms with van der Waals surface area (Å²) < 4.78 is 11.1. The summed E-state index contributed by atoms with van der Waals surface area (Å²) in [7, 11) is 0. The lowest BCUT2D eigenvalue weighted by Gasteiger charge is -2.13. The molecule has 0 aliphatic carbocycles. The van der Waals surface area contributed by atoms with Crippen LogP contribution in [0, 0.1) is 6.92 Å². The van der Waals surface area contributed by atoms with E-state index < -0.39 is 0 Å². The number of hydrogen-bond acceptors (Lipinski definition) is 5. The predicted octanol–water partition coefficient (Wildman–Crippen LogP) is 3.89. The topological polar surface area (TPSA) is 61.0 Å². The predicted molar refractivity (Wildman–Crippen MR) is 83.5 cm³/mol. The van der Waals surface area contributed by atoms with E-state index in [-0.39, 0.29) is 6.10 Å². The summed E-state index contributed by atoms with van der Waals surface area (Å²) in [6.07, 6.45) is 1.83. The van der Waals surface area contributed by atoms with Gasteiger partial charge >= 0.3 is 0 Å². The average Bonchev–Trinajstić information content (AvgIpc) is 2.94. The average molecular weight is 295 g/mol. The third-order valence-electron chi connectivity index (χ3n) is 3.06. The van der Waals surface area contributed by atoms with Gasteiger partial charge in [-0.2, -0.15) is 4.98 Å². The fraction of sp³-hybridized carbons (Fsp3) is 0.235. The molecule has 0 N–H and O–H groups in total. The number of ether oxygens (including phenoxy) is 1. The molecule has 0 saturated carbocycles. The van der Waals surface area contributed by atoms with Crippen molar-refractivity contribution in [1.29, 1.82) is 0 Å². The fourth-order valence-electron chi connectivity index (χ4n) is 2.16. The van der Waals surface area contributed by atoms with Crippen LogP contribution in [0.15, 0.2) is 47.1 Å². The van der Waals surface area contributed by atoms with Gasteiger partial charge in [-0.1, -0.05) is 17.3 Å². The number of aromatic nitrogens is 3. The van der Waals surface area contributed by atoms with Crippen molar-refractivity contribution in [3.05, 3.63) is 48.4 Å². The number of hydrogen-bond donors (Lipinski definition) is 0. The monoisotopic (exact) mass is 295 g/mol. The first kappa shape index (κ1) is 14.3. The first-order valence-electron chi connectivity index (χ1n) is 7.16. The van der Waals surface area contributed by atoms with Crippen LogP contribution in [0.4, 0.5) is 0 Å². The Balaban J connectivity index is 2.03. The summed E-state index contributed by atoms with van der Waals surface area (Å²) in [6, 6.07) is 11.6. The molecule has 2 heterocycles. The van der Waals surface area contributed by atoms with Crippen molar-refractivity contribution in [2.24, 2.45) is 0 Å². The summed E-state index contributed by atoms with van der Waals surface area (Å²) in [5.74, 6) is 1.91. The Morgan fingerprint density at radius 3 is 2.68 bits per heavy atom. The van der Waals surface area contributed by atoms with Crippen molar-refractivity contribution < 1.29 is 9.26 Å². The highest BCUT2D eigenvalue weighted by atomic mass is 16.5. The van der Waals surface area contributed by atoms with Crippen LogP contribution in [-0.2, 0) is 0 Å². The van der Waals surface area contributed by atoms with Crippen LogP contribution >= 0.6 is 0 Å². The quantitative estimate of drug-likeness (QED) is 0.730. The molecule has 22 heavy (non-hydrogen) atoms. The smallest absolute Gasteiger partial charge is 0.258 e. The van der Waals surface area contributed by atoms with Crippen LogP contribution in [-0.4, -0.2) is 21.2 Å². The van der Waals surface area contributed by atoms with Gasteiger partial charge in [0.15, 0.2) is 5.82 Å². The first-order chi connectivity index (χ1) is 10.6. The summed E-state index contributed by atoms with van der Waals surface area (Å²) in [5, 5.41) is 3.82. The van der Waals surface area contributed by atoms with Gasteiger partial charge in [0.25, 0.3) is 5.89 Å². The Hall–Kier alpha value is -2.69. The maximum atomic E-state index is 5.86. The van der Waals surface area contributed by atoms with Crippen LogP contribution in [0.2, 0.25) is 0 Å². The normalized spacial score (nSPS) is 10.9. The van der Waals surface area contributed by atoms with Gasteiger partial charge in [0.1, 0.15) is 5.75 Å². The van der Waals surface area contributed by atoms with Gasteiger partial charge in [-0.25, -0.2) is 0 Å². The molecule has 0 saturated heterocycles. The van der Waals surface area contributed by atoms with Crippen molar-refractivity contribution in [2.45, 2.75) is 26.9 Å². The lowest BCUT2D eigenvalue weighted by atomic mass is 10.1. The van der Waals surface area contributed by atoms with Gasteiger partial charge in [0, 0.05) is 17.3 Å². The maximum absolute atomic E-state index is 5.86. The van der Waals surface area contributed by atoms with E-state index in [2.05, 4.69) is 15.1 Å². The minimum Gasteiger partial charge on any atom is -0.490 e. The van der Waals surface area contributed by atoms with Crippen LogP contribution in [0.3, 0.4) is 0 Å². The van der Waals surface area contributed by atoms with E-state index in [1.807, 2.05) is 50.2 Å². The number of benzene rings is 1. The molecular formula is C17H17N3O2. The molecule has 3 rings (SSSR count). The molecule has 2 aromatic heterocycles. The molecule has 1 aromatic carbocycles. The van der Waals surface area contributed by atoms with E-state index >= 15 is 0 Å². The van der Waals surface area contributed by atoms with E-state index in [9.17, 15) is 0 Å². The molecule has 3 aromatic rings. The molecular weight excluding hydrogens is 278 g/mol. The second-order valence-corrected chi connectivity index (χ2v) is 5.24. The van der Waals surface area contributed by atoms with E-state index in [1.165, 1.54) is 0 Å². The second-order valence-electron chi connectivity index (χ2n) is 5.24. The van der Waals surface area contributed by atoms with E-state index in [1.54, 1.807) is 13.1 Å². The molecule has 0 aliphatic rings. The largest absolute Gasteiger partial charge is 0.490 e. The number of para-hydroxylation sites is 1. The zero-order chi connectivity index (χ0) is 15.5. The summed E-state index contributed by atoms with van der Waals surface area (Å²) in [4.78, 5) is 8.69. The Labute approximate surface area is 129 Å². The molecule has 112 valence electrons. The molecule has 0 atom stereocenters. The number of nitrogens with zero attached hydrogens (tertiary/aromatic N) is 3. The molecule has 5 heteroatoms. The van der Waals surface area contributed by atoms with Crippen LogP contribution in [0.5, 0.6) is 5.75 Å². The third-order valence-corrected chi connectivity index (χ3v) is 3.06. The Bertz CT molecular complexity index is 781. The maximum Gasteiger partial charge on any atom is 0.258 e. The molecule has 0 spiro atoms. The Morgan fingerprint density at radius 1 is 1.14 bits per heavy atom. The van der Waals surface area contributed by atoms with Gasteiger partial charge in [-0.15, -0.1) is 0 Å². The van der Waals surface area contributed by atoms with Crippen molar-refractivity contribution in [3.63, 3.8) is 0 Å². The molecule has 0 amide bonds. The Kier molecular flexibility index (Phi) is 3.87. The van der Waals surface area contributed by atoms with Gasteiger partial charge in [0.05, 0.1) is 11.8 Å². The third kappa shape index (κ3) is 2.98. The summed E-state index contributed by atoms with van der Waals surface area (Å²) in [6.45, 7) is 5.80. The number of aryl methyl sites for hydroxylation is 1. The molecule has 0 fully saturated rings. The number of pyridine rings is 1. The minimum absolute atomic E-state index is 0.0999. The SMILES string of the molecule is Cc1noc(-c2ccnc(-c3ccccc3OC(C)C)c2)n1. The van der Waals surface area contributed by atoms with Gasteiger partial charge in [-0.3, -0.25) is 4.98 Å². The molecule has 0 bridgehead atoms. The fourth-order valence-corrected chi connectivity index (χ4v) is 2.16. The van der Waals surface area contributed by atoms with Crippen LogP contribution in [0.25, 0.3) is 22.7 Å². The second kappa shape index (κ2) is 5.97. The summed E-state index contributed by atoms with van der Waals surface area (Å²) in [5.41, 5.74) is 2.59. The standard InChI is InChI=1S/C17H17N3O2/c1-11(2)21-16-7-5-4-6-14(16)15-10-13(8-9-18-15)17-19-12(3)20-22-17/h4-11H,1-3H3. The van der Waals surface area contributed by atoms with Crippen molar-refractivity contribution >= 4 is 0 Å². The minimum atomic E-state index is 0.0999. The summed E-state index contributed by atoms with van der Waals surface area (Å²) >= 11 is 0. The van der Waals surface area contributed by atoms with Crippen molar-refractivity contribution in [2.75, 3.05) is 0 Å². The van der Waals surface area contributed by atoms with Gasteiger partial charge in [-0.05, 0) is 45.0 Å². The molecule has 0 aliphatic heterocycles. The number of rotatable bonds is 4. The van der Waals surface area contributed by atoms with Gasteiger partial charge in [0.2, 0.25) is 0 Å². The van der Waals surface area contributed by atoms with Gasteiger partial charge < -0.3 is 9.26 Å². The van der Waals surface area contributed by atoms with Crippen molar-refractivity contribution in [3.8, 4) is 28.5 Å².